The summed E-state index contributed by atoms with van der Waals surface area (Å²) in [4.78, 5) is 15.9. The maximum Gasteiger partial charge on any atom is 0.156 e. The Morgan fingerprint density at radius 3 is 2.10 bits per heavy atom. The largest absolute Gasteiger partial charge is 0.297 e. The first-order valence-electron chi connectivity index (χ1n) is 9.02. The molecule has 2 saturated carbocycles. The van der Waals surface area contributed by atoms with Crippen molar-refractivity contribution in [3.8, 4) is 0 Å². The highest BCUT2D eigenvalue weighted by Gasteiger charge is 2.48. The smallest absolute Gasteiger partial charge is 0.156 e. The van der Waals surface area contributed by atoms with Gasteiger partial charge in [-0.2, -0.15) is 0 Å². The lowest BCUT2D eigenvalue weighted by Gasteiger charge is -2.44. The van der Waals surface area contributed by atoms with Gasteiger partial charge in [-0.25, -0.2) is 0 Å². The third-order valence-corrected chi connectivity index (χ3v) is 6.24. The zero-order valence-corrected chi connectivity index (χ0v) is 13.2. The van der Waals surface area contributed by atoms with Crippen LogP contribution in [-0.2, 0) is 4.79 Å². The van der Waals surface area contributed by atoms with Gasteiger partial charge in [0, 0.05) is 5.92 Å². The Morgan fingerprint density at radius 1 is 0.900 bits per heavy atom. The van der Waals surface area contributed by atoms with Crippen molar-refractivity contribution < 1.29 is 4.79 Å². The Kier molecular flexibility index (Phi) is 4.49. The maximum atomic E-state index is 13.3. The lowest BCUT2D eigenvalue weighted by Crippen LogP contribution is -2.56. The van der Waals surface area contributed by atoms with Gasteiger partial charge in [-0.1, -0.05) is 39.0 Å². The fourth-order valence-electron chi connectivity index (χ4n) is 4.90. The summed E-state index contributed by atoms with van der Waals surface area (Å²) in [6.45, 7) is 4.69. The summed E-state index contributed by atoms with van der Waals surface area (Å²) < 4.78 is 0. The van der Waals surface area contributed by atoms with E-state index in [4.69, 9.17) is 0 Å². The van der Waals surface area contributed by atoms with Crippen molar-refractivity contribution in [2.45, 2.75) is 83.1 Å². The molecule has 0 aromatic heterocycles. The number of likely N-dealkylation sites (tertiary alicyclic amines) is 1. The molecule has 2 nitrogen and oxygen atoms in total. The minimum atomic E-state index is -0.0360. The number of hydrogen-bond acceptors (Lipinski definition) is 2. The number of ketones is 1. The van der Waals surface area contributed by atoms with E-state index in [-0.39, 0.29) is 5.54 Å². The zero-order chi connectivity index (χ0) is 14.0. The van der Waals surface area contributed by atoms with Gasteiger partial charge >= 0.3 is 0 Å². The summed E-state index contributed by atoms with van der Waals surface area (Å²) in [6, 6.07) is 0. The van der Waals surface area contributed by atoms with Crippen LogP contribution in [0.15, 0.2) is 0 Å². The monoisotopic (exact) mass is 277 g/mol. The summed E-state index contributed by atoms with van der Waals surface area (Å²) in [5.74, 6) is 1.86. The molecule has 0 N–H and O–H groups in total. The molecule has 20 heavy (non-hydrogen) atoms. The first-order chi connectivity index (χ1) is 9.72. The van der Waals surface area contributed by atoms with E-state index in [1.165, 1.54) is 58.0 Å². The van der Waals surface area contributed by atoms with Crippen LogP contribution in [0, 0.1) is 11.8 Å². The van der Waals surface area contributed by atoms with Crippen LogP contribution in [0.25, 0.3) is 0 Å². The third-order valence-electron chi connectivity index (χ3n) is 6.24. The summed E-state index contributed by atoms with van der Waals surface area (Å²) >= 11 is 0. The Labute approximate surface area is 124 Å². The molecular weight excluding hydrogens is 246 g/mol. The molecule has 0 bridgehead atoms. The normalized spacial score (nSPS) is 35.0. The Morgan fingerprint density at radius 2 is 1.50 bits per heavy atom. The van der Waals surface area contributed by atoms with E-state index < -0.39 is 0 Å². The van der Waals surface area contributed by atoms with Crippen molar-refractivity contribution in [3.63, 3.8) is 0 Å². The van der Waals surface area contributed by atoms with Crippen molar-refractivity contribution in [1.82, 2.24) is 4.90 Å². The number of nitrogens with zero attached hydrogens (tertiary/aromatic N) is 1. The molecular formula is C18H31NO. The maximum absolute atomic E-state index is 13.3. The van der Waals surface area contributed by atoms with Crippen LogP contribution in [0.5, 0.6) is 0 Å². The van der Waals surface area contributed by atoms with E-state index in [9.17, 15) is 4.79 Å². The quantitative estimate of drug-likeness (QED) is 0.771. The Bertz CT molecular complexity index is 331. The van der Waals surface area contributed by atoms with E-state index in [2.05, 4.69) is 11.8 Å². The molecule has 0 atom stereocenters. The van der Waals surface area contributed by atoms with Crippen molar-refractivity contribution in [3.05, 3.63) is 0 Å². The van der Waals surface area contributed by atoms with Crippen molar-refractivity contribution >= 4 is 5.78 Å². The van der Waals surface area contributed by atoms with Crippen molar-refractivity contribution in [2.75, 3.05) is 13.1 Å². The molecule has 3 rings (SSSR count). The predicted molar refractivity (Wildman–Crippen MR) is 82.8 cm³/mol. The number of carbonyl (C=O) groups excluding carboxylic acids is 1. The van der Waals surface area contributed by atoms with Crippen LogP contribution in [0.3, 0.4) is 0 Å². The highest BCUT2D eigenvalue weighted by atomic mass is 16.1. The van der Waals surface area contributed by atoms with Gasteiger partial charge in [-0.05, 0) is 57.5 Å². The summed E-state index contributed by atoms with van der Waals surface area (Å²) in [5.41, 5.74) is -0.0360. The lowest BCUT2D eigenvalue weighted by atomic mass is 9.73. The van der Waals surface area contributed by atoms with Crippen molar-refractivity contribution in [2.24, 2.45) is 11.8 Å². The van der Waals surface area contributed by atoms with E-state index in [0.29, 0.717) is 11.7 Å². The second-order valence-corrected chi connectivity index (χ2v) is 7.61. The molecule has 0 spiro atoms. The Hall–Kier alpha value is -0.370. The van der Waals surface area contributed by atoms with Gasteiger partial charge in [0.05, 0.1) is 5.54 Å². The average Bonchev–Trinajstić information content (AvgIpc) is 2.99. The number of piperidine rings is 1. The van der Waals surface area contributed by atoms with E-state index in [1.807, 2.05) is 0 Å². The first-order valence-corrected chi connectivity index (χ1v) is 9.02. The fraction of sp³-hybridized carbons (Fsp3) is 0.944. The highest BCUT2D eigenvalue weighted by Crippen LogP contribution is 2.42. The minimum Gasteiger partial charge on any atom is -0.297 e. The molecule has 2 aliphatic carbocycles. The predicted octanol–water partition coefficient (Wildman–Crippen LogP) is 4.18. The van der Waals surface area contributed by atoms with Gasteiger partial charge in [-0.3, -0.25) is 9.69 Å². The molecule has 0 aromatic carbocycles. The van der Waals surface area contributed by atoms with E-state index >= 15 is 0 Å². The van der Waals surface area contributed by atoms with E-state index in [0.717, 1.165) is 31.6 Å². The second-order valence-electron chi connectivity index (χ2n) is 7.61. The van der Waals surface area contributed by atoms with Crippen molar-refractivity contribution in [1.29, 1.82) is 0 Å². The standard InChI is InChI=1S/C18H31NO/c1-15-7-9-16(10-8-15)17(20)18(11-3-4-12-18)19-13-5-2-6-14-19/h15-16H,2-14H2,1H3. The van der Waals surface area contributed by atoms with Gasteiger partial charge < -0.3 is 0 Å². The fourth-order valence-corrected chi connectivity index (χ4v) is 4.90. The third kappa shape index (κ3) is 2.68. The van der Waals surface area contributed by atoms with Crippen LogP contribution in [0.4, 0.5) is 0 Å². The molecule has 0 unspecified atom stereocenters. The van der Waals surface area contributed by atoms with Gasteiger partial charge in [0.2, 0.25) is 0 Å². The number of hydrogen-bond donors (Lipinski definition) is 0. The van der Waals surface area contributed by atoms with Gasteiger partial charge in [0.25, 0.3) is 0 Å². The van der Waals surface area contributed by atoms with Gasteiger partial charge in [0.1, 0.15) is 0 Å². The minimum absolute atomic E-state index is 0.0360. The molecule has 0 aromatic rings. The number of rotatable bonds is 3. The first kappa shape index (κ1) is 14.6. The molecule has 1 saturated heterocycles. The molecule has 0 radical (unpaired) electrons. The summed E-state index contributed by atoms with van der Waals surface area (Å²) in [6.07, 6.45) is 13.7. The average molecular weight is 277 g/mol. The summed E-state index contributed by atoms with van der Waals surface area (Å²) in [5, 5.41) is 0. The van der Waals surface area contributed by atoms with Crippen LogP contribution >= 0.6 is 0 Å². The second kappa shape index (κ2) is 6.17. The number of carbonyl (C=O) groups is 1. The Balaban J connectivity index is 1.73. The van der Waals surface area contributed by atoms with Gasteiger partial charge in [-0.15, -0.1) is 0 Å². The SMILES string of the molecule is CC1CCC(C(=O)C2(N3CCCCC3)CCCC2)CC1. The van der Waals surface area contributed by atoms with Crippen LogP contribution < -0.4 is 0 Å². The zero-order valence-electron chi connectivity index (χ0n) is 13.2. The molecule has 3 fully saturated rings. The van der Waals surface area contributed by atoms with E-state index in [1.54, 1.807) is 0 Å². The van der Waals surface area contributed by atoms with Crippen LogP contribution in [0.2, 0.25) is 0 Å². The molecule has 1 heterocycles. The molecule has 0 amide bonds. The van der Waals surface area contributed by atoms with Crippen LogP contribution in [-0.4, -0.2) is 29.3 Å². The number of Topliss-reactive ketones (excluding diaryl/α,β-unsaturated/α-hetero) is 1. The molecule has 3 aliphatic rings. The molecule has 2 heteroatoms. The molecule has 114 valence electrons. The lowest BCUT2D eigenvalue weighted by molar-refractivity contribution is -0.137. The van der Waals surface area contributed by atoms with Crippen LogP contribution in [0.1, 0.15) is 77.6 Å². The van der Waals surface area contributed by atoms with Gasteiger partial charge in [0.15, 0.2) is 5.78 Å². The topological polar surface area (TPSA) is 20.3 Å². The highest BCUT2D eigenvalue weighted by molar-refractivity contribution is 5.91. The summed E-state index contributed by atoms with van der Waals surface area (Å²) in [7, 11) is 0. The molecule has 1 aliphatic heterocycles.